The van der Waals surface area contributed by atoms with Gasteiger partial charge in [0.25, 0.3) is 5.91 Å². The number of hydrogen-bond donors (Lipinski definition) is 0. The molecule has 8 nitrogen and oxygen atoms in total. The number of amides is 1. The van der Waals surface area contributed by atoms with Gasteiger partial charge in [0.1, 0.15) is 11.3 Å². The molecule has 0 saturated carbocycles. The van der Waals surface area contributed by atoms with Crippen LogP contribution < -0.4 is 9.64 Å². The van der Waals surface area contributed by atoms with Gasteiger partial charge in [0.2, 0.25) is 10.0 Å². The van der Waals surface area contributed by atoms with E-state index in [9.17, 15) is 13.2 Å². The van der Waals surface area contributed by atoms with Crippen molar-refractivity contribution in [2.75, 3.05) is 51.8 Å². The molecule has 0 fully saturated rings. The van der Waals surface area contributed by atoms with Crippen LogP contribution in [0.1, 0.15) is 50.4 Å². The first-order valence-electron chi connectivity index (χ1n) is 12.8. The number of carbonyl (C=O) groups excluding carboxylic acids is 1. The number of carbonyl (C=O) groups is 1. The summed E-state index contributed by atoms with van der Waals surface area (Å²) in [4.78, 5) is 22.4. The summed E-state index contributed by atoms with van der Waals surface area (Å²) >= 11 is 1.45. The molecular formula is C27H38N4O4S2. The molecule has 0 spiro atoms. The van der Waals surface area contributed by atoms with Crippen molar-refractivity contribution in [3.8, 4) is 5.75 Å². The average molecular weight is 547 g/mol. The second kappa shape index (κ2) is 13.3. The number of nitrogens with zero attached hydrogens (tertiary/aromatic N) is 4. The Balaban J connectivity index is 1.93. The van der Waals surface area contributed by atoms with Crippen molar-refractivity contribution in [2.24, 2.45) is 0 Å². The molecule has 3 aromatic rings. The lowest BCUT2D eigenvalue weighted by Gasteiger charge is -2.22. The van der Waals surface area contributed by atoms with E-state index >= 15 is 0 Å². The molecule has 1 amide bonds. The standard InChI is InChI=1S/C27H38N4O4S2/c1-6-17-30(18-7-2)37(33,34)22-15-13-21(14-16-22)26(32)31(20-10-19-29(4)5)27-28-25-23(35-8-3)11-9-12-24(25)36-27/h9,11-16H,6-8,10,17-20H2,1-5H3. The van der Waals surface area contributed by atoms with E-state index in [-0.39, 0.29) is 10.8 Å². The minimum Gasteiger partial charge on any atom is -0.492 e. The van der Waals surface area contributed by atoms with Gasteiger partial charge in [0.15, 0.2) is 5.13 Å². The highest BCUT2D eigenvalue weighted by Crippen LogP contribution is 2.35. The van der Waals surface area contributed by atoms with Crippen molar-refractivity contribution in [3.63, 3.8) is 0 Å². The highest BCUT2D eigenvalue weighted by atomic mass is 32.2. The zero-order valence-electron chi connectivity index (χ0n) is 22.4. The maximum Gasteiger partial charge on any atom is 0.260 e. The van der Waals surface area contributed by atoms with Crippen LogP contribution in [0.4, 0.5) is 5.13 Å². The number of sulfonamides is 1. The molecule has 0 radical (unpaired) electrons. The Kier molecular flexibility index (Phi) is 10.5. The molecule has 10 heteroatoms. The maximum atomic E-state index is 13.7. The van der Waals surface area contributed by atoms with Crippen LogP contribution in [0.2, 0.25) is 0 Å². The molecule has 0 N–H and O–H groups in total. The predicted octanol–water partition coefficient (Wildman–Crippen LogP) is 5.10. The summed E-state index contributed by atoms with van der Waals surface area (Å²) in [5.41, 5.74) is 1.16. The highest BCUT2D eigenvalue weighted by Gasteiger charge is 2.25. The van der Waals surface area contributed by atoms with Gasteiger partial charge in [0.05, 0.1) is 16.2 Å². The molecule has 1 heterocycles. The van der Waals surface area contributed by atoms with E-state index in [0.717, 1.165) is 36.0 Å². The molecule has 0 aliphatic carbocycles. The Morgan fingerprint density at radius 3 is 2.22 bits per heavy atom. The Morgan fingerprint density at radius 1 is 0.946 bits per heavy atom. The van der Waals surface area contributed by atoms with Crippen LogP contribution in [0, 0.1) is 0 Å². The van der Waals surface area contributed by atoms with E-state index in [0.29, 0.717) is 42.7 Å². The smallest absolute Gasteiger partial charge is 0.260 e. The lowest BCUT2D eigenvalue weighted by Crippen LogP contribution is -2.34. The number of aromatic nitrogens is 1. The van der Waals surface area contributed by atoms with Crippen molar-refractivity contribution >= 4 is 42.6 Å². The molecule has 0 bridgehead atoms. The summed E-state index contributed by atoms with van der Waals surface area (Å²) in [7, 11) is 0.383. The molecular weight excluding hydrogens is 508 g/mol. The van der Waals surface area contributed by atoms with Gasteiger partial charge in [-0.15, -0.1) is 0 Å². The number of benzene rings is 2. The molecule has 0 aliphatic rings. The van der Waals surface area contributed by atoms with Crippen LogP contribution in [0.5, 0.6) is 5.75 Å². The molecule has 1 aromatic heterocycles. The van der Waals surface area contributed by atoms with Gasteiger partial charge in [0, 0.05) is 25.2 Å². The monoisotopic (exact) mass is 546 g/mol. The Labute approximate surface area is 224 Å². The highest BCUT2D eigenvalue weighted by molar-refractivity contribution is 7.89. The lowest BCUT2D eigenvalue weighted by molar-refractivity contribution is 0.0986. The number of para-hydroxylation sites is 1. The summed E-state index contributed by atoms with van der Waals surface area (Å²) < 4.78 is 34.5. The number of hydrogen-bond acceptors (Lipinski definition) is 7. The molecule has 37 heavy (non-hydrogen) atoms. The molecule has 202 valence electrons. The third-order valence-corrected chi connectivity index (χ3v) is 8.78. The normalized spacial score (nSPS) is 12.0. The molecule has 0 atom stereocenters. The van der Waals surface area contributed by atoms with E-state index in [1.807, 2.05) is 53.1 Å². The fraction of sp³-hybridized carbons (Fsp3) is 0.481. The zero-order chi connectivity index (χ0) is 27.0. The lowest BCUT2D eigenvalue weighted by atomic mass is 10.2. The first-order chi connectivity index (χ1) is 17.7. The number of anilines is 1. The van der Waals surface area contributed by atoms with Gasteiger partial charge in [-0.25, -0.2) is 13.4 Å². The number of rotatable bonds is 14. The van der Waals surface area contributed by atoms with E-state index < -0.39 is 10.0 Å². The molecule has 0 unspecified atom stereocenters. The van der Waals surface area contributed by atoms with Crippen molar-refractivity contribution in [2.45, 2.75) is 44.9 Å². The Hall–Kier alpha value is -2.53. The van der Waals surface area contributed by atoms with Crippen molar-refractivity contribution in [1.82, 2.24) is 14.2 Å². The van der Waals surface area contributed by atoms with Crippen LogP contribution >= 0.6 is 11.3 Å². The summed E-state index contributed by atoms with van der Waals surface area (Å²) in [6.07, 6.45) is 2.25. The third-order valence-electron chi connectivity index (χ3n) is 5.82. The van der Waals surface area contributed by atoms with Crippen molar-refractivity contribution in [3.05, 3.63) is 48.0 Å². The third kappa shape index (κ3) is 7.07. The Morgan fingerprint density at radius 2 is 1.62 bits per heavy atom. The second-order valence-corrected chi connectivity index (χ2v) is 12.0. The largest absolute Gasteiger partial charge is 0.492 e. The van der Waals surface area contributed by atoms with Gasteiger partial charge in [-0.1, -0.05) is 31.3 Å². The van der Waals surface area contributed by atoms with E-state index in [1.165, 1.54) is 27.8 Å². The van der Waals surface area contributed by atoms with Crippen LogP contribution in [-0.2, 0) is 10.0 Å². The van der Waals surface area contributed by atoms with Crippen molar-refractivity contribution in [1.29, 1.82) is 0 Å². The van der Waals surface area contributed by atoms with Gasteiger partial charge in [-0.05, 0) is 83.2 Å². The summed E-state index contributed by atoms with van der Waals surface area (Å²) in [5, 5.41) is 0.597. The van der Waals surface area contributed by atoms with Crippen molar-refractivity contribution < 1.29 is 17.9 Å². The summed E-state index contributed by atoms with van der Waals surface area (Å²) in [6.45, 7) is 8.63. The average Bonchev–Trinajstić information content (AvgIpc) is 3.31. The molecule has 3 rings (SSSR count). The predicted molar refractivity (Wildman–Crippen MR) is 151 cm³/mol. The topological polar surface area (TPSA) is 83.1 Å². The maximum absolute atomic E-state index is 13.7. The van der Waals surface area contributed by atoms with E-state index in [4.69, 9.17) is 9.72 Å². The Bertz CT molecular complexity index is 1270. The van der Waals surface area contributed by atoms with Gasteiger partial charge >= 0.3 is 0 Å². The SMILES string of the molecule is CCCN(CCC)S(=O)(=O)c1ccc(C(=O)N(CCCN(C)C)c2nc3c(OCC)cccc3s2)cc1. The first-order valence-corrected chi connectivity index (χ1v) is 15.1. The minimum atomic E-state index is -3.61. The van der Waals surface area contributed by atoms with Gasteiger partial charge < -0.3 is 9.64 Å². The summed E-state index contributed by atoms with van der Waals surface area (Å²) in [5.74, 6) is 0.486. The van der Waals surface area contributed by atoms with Gasteiger partial charge in [-0.3, -0.25) is 9.69 Å². The quantitative estimate of drug-likeness (QED) is 0.280. The zero-order valence-corrected chi connectivity index (χ0v) is 24.1. The second-order valence-electron chi connectivity index (χ2n) is 9.07. The fourth-order valence-electron chi connectivity index (χ4n) is 4.05. The minimum absolute atomic E-state index is 0.200. The molecule has 2 aromatic carbocycles. The fourth-order valence-corrected chi connectivity index (χ4v) is 6.69. The van der Waals surface area contributed by atoms with E-state index in [1.54, 1.807) is 17.0 Å². The van der Waals surface area contributed by atoms with Crippen LogP contribution in [0.3, 0.4) is 0 Å². The van der Waals surface area contributed by atoms with E-state index in [2.05, 4.69) is 4.90 Å². The number of ether oxygens (including phenoxy) is 1. The van der Waals surface area contributed by atoms with Crippen LogP contribution in [0.25, 0.3) is 10.2 Å². The molecule has 0 saturated heterocycles. The number of thiazole rings is 1. The van der Waals surface area contributed by atoms with Crippen LogP contribution in [0.15, 0.2) is 47.4 Å². The number of fused-ring (bicyclic) bond motifs is 1. The molecule has 0 aliphatic heterocycles. The van der Waals surface area contributed by atoms with Crippen LogP contribution in [-0.4, -0.2) is 75.4 Å². The first kappa shape index (κ1) is 29.0. The van der Waals surface area contributed by atoms with Gasteiger partial charge in [-0.2, -0.15) is 4.31 Å². The summed E-state index contributed by atoms with van der Waals surface area (Å²) in [6, 6.07) is 12.0.